The second-order valence-electron chi connectivity index (χ2n) is 4.68. The normalized spacial score (nSPS) is 10.1. The zero-order valence-corrected chi connectivity index (χ0v) is 12.8. The highest BCUT2D eigenvalue weighted by atomic mass is 32.1. The van der Waals surface area contributed by atoms with Gasteiger partial charge in [-0.3, -0.25) is 14.9 Å². The van der Waals surface area contributed by atoms with Gasteiger partial charge in [-0.15, -0.1) is 11.3 Å². The zero-order chi connectivity index (χ0) is 16.1. The Morgan fingerprint density at radius 3 is 2.17 bits per heavy atom. The molecule has 0 fully saturated rings. The molecule has 2 amide bonds. The first-order valence-corrected chi connectivity index (χ1v) is 7.78. The van der Waals surface area contributed by atoms with Crippen LogP contribution in [-0.2, 0) is 0 Å². The molecule has 1 heterocycles. The maximum absolute atomic E-state index is 12.1. The van der Waals surface area contributed by atoms with Gasteiger partial charge in [-0.2, -0.15) is 0 Å². The number of nitrogens with zero attached hydrogens (tertiary/aromatic N) is 1. The van der Waals surface area contributed by atoms with Crippen molar-refractivity contribution in [2.24, 2.45) is 0 Å². The van der Waals surface area contributed by atoms with Crippen LogP contribution in [0.15, 0.2) is 66.0 Å². The van der Waals surface area contributed by atoms with E-state index in [4.69, 9.17) is 0 Å². The summed E-state index contributed by atoms with van der Waals surface area (Å²) >= 11 is 1.21. The number of para-hydroxylation sites is 1. The standard InChI is InChI=1S/C17H13N3O2S/c21-15(12-7-3-1-4-8-12)20-17-19-14(11-23-17)16(22)18-13-9-5-2-6-10-13/h1-11H,(H,18,22)(H,19,20,21). The van der Waals surface area contributed by atoms with E-state index in [1.54, 1.807) is 41.8 Å². The highest BCUT2D eigenvalue weighted by Gasteiger charge is 2.13. The Morgan fingerprint density at radius 2 is 1.48 bits per heavy atom. The van der Waals surface area contributed by atoms with Gasteiger partial charge in [-0.25, -0.2) is 4.98 Å². The molecule has 0 aliphatic heterocycles. The Morgan fingerprint density at radius 1 is 0.826 bits per heavy atom. The summed E-state index contributed by atoms with van der Waals surface area (Å²) in [6, 6.07) is 18.0. The topological polar surface area (TPSA) is 71.1 Å². The van der Waals surface area contributed by atoms with Gasteiger partial charge < -0.3 is 5.32 Å². The van der Waals surface area contributed by atoms with Crippen LogP contribution < -0.4 is 10.6 Å². The fourth-order valence-electron chi connectivity index (χ4n) is 1.91. The van der Waals surface area contributed by atoms with E-state index >= 15 is 0 Å². The summed E-state index contributed by atoms with van der Waals surface area (Å²) in [4.78, 5) is 28.3. The zero-order valence-electron chi connectivity index (χ0n) is 12.0. The van der Waals surface area contributed by atoms with Crippen molar-refractivity contribution in [1.82, 2.24) is 4.98 Å². The van der Waals surface area contributed by atoms with E-state index in [1.165, 1.54) is 11.3 Å². The van der Waals surface area contributed by atoms with Crippen LogP contribution in [0.3, 0.4) is 0 Å². The van der Waals surface area contributed by atoms with Crippen molar-refractivity contribution < 1.29 is 9.59 Å². The van der Waals surface area contributed by atoms with Crippen LogP contribution >= 0.6 is 11.3 Å². The van der Waals surface area contributed by atoms with Crippen LogP contribution in [0.4, 0.5) is 10.8 Å². The third-order valence-corrected chi connectivity index (χ3v) is 3.78. The molecule has 0 saturated heterocycles. The van der Waals surface area contributed by atoms with E-state index in [0.29, 0.717) is 16.4 Å². The summed E-state index contributed by atoms with van der Waals surface area (Å²) in [7, 11) is 0. The number of anilines is 2. The number of nitrogens with one attached hydrogen (secondary N) is 2. The van der Waals surface area contributed by atoms with Crippen LogP contribution in [0.2, 0.25) is 0 Å². The monoisotopic (exact) mass is 323 g/mol. The Balaban J connectivity index is 1.66. The van der Waals surface area contributed by atoms with E-state index < -0.39 is 0 Å². The van der Waals surface area contributed by atoms with Crippen molar-refractivity contribution >= 4 is 34.0 Å². The Bertz CT molecular complexity index is 816. The molecule has 0 bridgehead atoms. The molecule has 3 aromatic rings. The van der Waals surface area contributed by atoms with E-state index in [9.17, 15) is 9.59 Å². The number of carbonyl (C=O) groups excluding carboxylic acids is 2. The number of carbonyl (C=O) groups is 2. The Kier molecular flexibility index (Phi) is 4.44. The van der Waals surface area contributed by atoms with Crippen LogP contribution in [0.5, 0.6) is 0 Å². The fourth-order valence-corrected chi connectivity index (χ4v) is 2.60. The number of thiazole rings is 1. The van der Waals surface area contributed by atoms with E-state index in [0.717, 1.165) is 0 Å². The maximum Gasteiger partial charge on any atom is 0.275 e. The van der Waals surface area contributed by atoms with Gasteiger partial charge in [0.15, 0.2) is 5.13 Å². The number of amides is 2. The third kappa shape index (κ3) is 3.81. The van der Waals surface area contributed by atoms with Crippen molar-refractivity contribution in [3.63, 3.8) is 0 Å². The number of hydrogen-bond donors (Lipinski definition) is 2. The van der Waals surface area contributed by atoms with Gasteiger partial charge in [0.1, 0.15) is 5.69 Å². The van der Waals surface area contributed by atoms with E-state index in [1.807, 2.05) is 24.3 Å². The van der Waals surface area contributed by atoms with Gasteiger partial charge in [0.05, 0.1) is 0 Å². The quantitative estimate of drug-likeness (QED) is 0.770. The minimum atomic E-state index is -0.312. The van der Waals surface area contributed by atoms with Crippen LogP contribution in [0, 0.1) is 0 Å². The molecule has 0 unspecified atom stereocenters. The second kappa shape index (κ2) is 6.85. The lowest BCUT2D eigenvalue weighted by Crippen LogP contribution is -2.14. The Hall–Kier alpha value is -2.99. The molecule has 0 atom stereocenters. The van der Waals surface area contributed by atoms with Gasteiger partial charge in [0.2, 0.25) is 0 Å². The van der Waals surface area contributed by atoms with Gasteiger partial charge in [0, 0.05) is 16.6 Å². The average Bonchev–Trinajstić information content (AvgIpc) is 3.05. The number of rotatable bonds is 4. The van der Waals surface area contributed by atoms with Gasteiger partial charge in [0.25, 0.3) is 11.8 Å². The first kappa shape index (κ1) is 14.9. The molecule has 23 heavy (non-hydrogen) atoms. The molecule has 3 rings (SSSR count). The average molecular weight is 323 g/mol. The molecule has 0 aliphatic carbocycles. The summed E-state index contributed by atoms with van der Waals surface area (Å²) in [5, 5.41) is 7.43. The minimum absolute atomic E-state index is 0.255. The number of aromatic nitrogens is 1. The van der Waals surface area contributed by atoms with Crippen molar-refractivity contribution in [3.05, 3.63) is 77.3 Å². The summed E-state index contributed by atoms with van der Waals surface area (Å²) in [5.74, 6) is -0.567. The molecule has 0 saturated carbocycles. The summed E-state index contributed by atoms with van der Waals surface area (Å²) < 4.78 is 0. The van der Waals surface area contributed by atoms with E-state index in [2.05, 4.69) is 15.6 Å². The van der Waals surface area contributed by atoms with Crippen LogP contribution in [0.1, 0.15) is 20.8 Å². The molecule has 1 aromatic heterocycles. The van der Waals surface area contributed by atoms with E-state index in [-0.39, 0.29) is 17.5 Å². The SMILES string of the molecule is O=C(Nc1nc(C(=O)Nc2ccccc2)cs1)c1ccccc1. The molecule has 0 radical (unpaired) electrons. The lowest BCUT2D eigenvalue weighted by atomic mass is 10.2. The summed E-state index contributed by atoms with van der Waals surface area (Å²) in [5.41, 5.74) is 1.50. The number of benzene rings is 2. The Labute approximate surface area is 137 Å². The molecule has 114 valence electrons. The summed E-state index contributed by atoms with van der Waals surface area (Å²) in [6.45, 7) is 0. The maximum atomic E-state index is 12.1. The predicted molar refractivity (Wildman–Crippen MR) is 90.9 cm³/mol. The lowest BCUT2D eigenvalue weighted by molar-refractivity contribution is 0.101. The van der Waals surface area contributed by atoms with Crippen molar-refractivity contribution in [2.75, 3.05) is 10.6 Å². The lowest BCUT2D eigenvalue weighted by Gasteiger charge is -2.02. The van der Waals surface area contributed by atoms with Crippen molar-refractivity contribution in [2.45, 2.75) is 0 Å². The van der Waals surface area contributed by atoms with Crippen LogP contribution in [0.25, 0.3) is 0 Å². The molecule has 2 aromatic carbocycles. The molecule has 0 aliphatic rings. The third-order valence-electron chi connectivity index (χ3n) is 3.02. The smallest absolute Gasteiger partial charge is 0.275 e. The van der Waals surface area contributed by atoms with Crippen LogP contribution in [-0.4, -0.2) is 16.8 Å². The molecular weight excluding hydrogens is 310 g/mol. The molecule has 5 nitrogen and oxygen atoms in total. The molecular formula is C17H13N3O2S. The summed E-state index contributed by atoms with van der Waals surface area (Å²) in [6.07, 6.45) is 0. The molecule has 0 spiro atoms. The van der Waals surface area contributed by atoms with Gasteiger partial charge >= 0.3 is 0 Å². The highest BCUT2D eigenvalue weighted by Crippen LogP contribution is 2.18. The number of hydrogen-bond acceptors (Lipinski definition) is 4. The first-order chi connectivity index (χ1) is 11.2. The first-order valence-electron chi connectivity index (χ1n) is 6.91. The highest BCUT2D eigenvalue weighted by molar-refractivity contribution is 7.14. The van der Waals surface area contributed by atoms with Crippen molar-refractivity contribution in [3.8, 4) is 0 Å². The predicted octanol–water partition coefficient (Wildman–Crippen LogP) is 3.65. The van der Waals surface area contributed by atoms with Crippen molar-refractivity contribution in [1.29, 1.82) is 0 Å². The van der Waals surface area contributed by atoms with Gasteiger partial charge in [-0.05, 0) is 24.3 Å². The minimum Gasteiger partial charge on any atom is -0.321 e. The largest absolute Gasteiger partial charge is 0.321 e. The second-order valence-corrected chi connectivity index (χ2v) is 5.54. The molecule has 6 heteroatoms. The fraction of sp³-hybridized carbons (Fsp3) is 0. The molecule has 2 N–H and O–H groups in total. The van der Waals surface area contributed by atoms with Gasteiger partial charge in [-0.1, -0.05) is 36.4 Å².